The van der Waals surface area contributed by atoms with Gasteiger partial charge in [0, 0.05) is 49.7 Å². The van der Waals surface area contributed by atoms with Crippen LogP contribution in [0, 0.1) is 5.41 Å². The molecule has 0 saturated carbocycles. The molecule has 486 valence electrons. The molecule has 1 aromatic carbocycles. The highest BCUT2D eigenvalue weighted by molar-refractivity contribution is 8.76. The minimum atomic E-state index is -1.80. The van der Waals surface area contributed by atoms with Gasteiger partial charge in [-0.1, -0.05) is 51.9 Å². The molecule has 2 aliphatic heterocycles. The first-order valence-corrected chi connectivity index (χ1v) is 31.8. The Bertz CT molecular complexity index is 2420. The third-order valence-electron chi connectivity index (χ3n) is 12.4. The quantitative estimate of drug-likeness (QED) is 0.0154. The first-order chi connectivity index (χ1) is 41.8. The SMILES string of the molecule is N=C(N)NCCC[C@@H]1NC(=O)[C@@H]2CSSC[C@H](NC(=O)[C@H](CC(=O)O)NC(=O)CNC1=O)C(=O)N[C@@H](Cc1ccccc1)C(=O)N[C@H](C(=O)NCCOCCOCCOCCNC(=O)COCC(N)=O)CSCCCC(=O)N[C@@H](CCCCN)C(=O)N2. The van der Waals surface area contributed by atoms with Crippen molar-refractivity contribution in [1.82, 2.24) is 58.5 Å². The van der Waals surface area contributed by atoms with E-state index in [1.807, 2.05) is 0 Å². The average Bonchev–Trinajstić information content (AvgIpc) is 3.69. The van der Waals surface area contributed by atoms with Gasteiger partial charge in [0.2, 0.25) is 65.0 Å². The molecule has 2 saturated heterocycles. The van der Waals surface area contributed by atoms with E-state index in [4.69, 9.17) is 41.6 Å². The fourth-order valence-corrected chi connectivity index (χ4v) is 11.3. The van der Waals surface area contributed by atoms with Crippen molar-refractivity contribution in [1.29, 1.82) is 5.41 Å². The molecule has 35 heteroatoms. The van der Waals surface area contributed by atoms with Gasteiger partial charge in [0.25, 0.3) is 0 Å². The van der Waals surface area contributed by atoms with Gasteiger partial charge >= 0.3 is 5.97 Å². The Morgan fingerprint density at radius 1 is 0.598 bits per heavy atom. The summed E-state index contributed by atoms with van der Waals surface area (Å²) in [5, 5.41) is 45.8. The summed E-state index contributed by atoms with van der Waals surface area (Å²) in [6.45, 7) is 0.0959. The maximum atomic E-state index is 14.6. The molecule has 0 radical (unpaired) electrons. The number of aliphatic carboxylic acids is 1. The van der Waals surface area contributed by atoms with Gasteiger partial charge in [-0.05, 0) is 56.4 Å². The molecule has 7 atom stereocenters. The fourth-order valence-electron chi connectivity index (χ4n) is 7.95. The summed E-state index contributed by atoms with van der Waals surface area (Å²) in [4.78, 5) is 160. The largest absolute Gasteiger partial charge is 0.481 e. The van der Waals surface area contributed by atoms with E-state index in [1.54, 1.807) is 30.3 Å². The van der Waals surface area contributed by atoms with Crippen molar-refractivity contribution in [3.63, 3.8) is 0 Å². The first-order valence-electron chi connectivity index (χ1n) is 28.1. The van der Waals surface area contributed by atoms with Gasteiger partial charge in [0.1, 0.15) is 55.5 Å². The van der Waals surface area contributed by atoms with E-state index in [1.165, 1.54) is 11.8 Å². The maximum Gasteiger partial charge on any atom is 0.305 e. The van der Waals surface area contributed by atoms with Crippen molar-refractivity contribution < 1.29 is 81.6 Å². The zero-order chi connectivity index (χ0) is 63.8. The minimum Gasteiger partial charge on any atom is -0.481 e. The van der Waals surface area contributed by atoms with E-state index in [9.17, 15) is 62.6 Å². The zero-order valence-electron chi connectivity index (χ0n) is 48.2. The fraction of sp³-hybridized carbons (Fsp3) is 0.635. The van der Waals surface area contributed by atoms with Gasteiger partial charge in [-0.25, -0.2) is 0 Å². The Hall–Kier alpha value is -7.02. The van der Waals surface area contributed by atoms with Crippen LogP contribution in [0.15, 0.2) is 30.3 Å². The Labute approximate surface area is 515 Å². The van der Waals surface area contributed by atoms with Crippen LogP contribution in [0.4, 0.5) is 0 Å². The van der Waals surface area contributed by atoms with Crippen LogP contribution in [-0.4, -0.2) is 233 Å². The van der Waals surface area contributed by atoms with Crippen LogP contribution < -0.4 is 75.7 Å². The van der Waals surface area contributed by atoms with Crippen LogP contribution in [-0.2, 0) is 82.9 Å². The van der Waals surface area contributed by atoms with E-state index < -0.39 is 126 Å². The van der Waals surface area contributed by atoms with Crippen molar-refractivity contribution in [2.45, 2.75) is 100 Å². The third kappa shape index (κ3) is 33.1. The lowest BCUT2D eigenvalue weighted by molar-refractivity contribution is -0.141. The van der Waals surface area contributed by atoms with E-state index in [-0.39, 0.29) is 141 Å². The number of rotatable bonds is 29. The van der Waals surface area contributed by atoms with Crippen molar-refractivity contribution in [3.05, 3.63) is 35.9 Å². The maximum absolute atomic E-state index is 14.6. The van der Waals surface area contributed by atoms with Crippen LogP contribution >= 0.6 is 33.3 Å². The molecule has 3 rings (SSSR count). The molecule has 2 heterocycles. The van der Waals surface area contributed by atoms with Gasteiger partial charge in [-0.15, -0.1) is 0 Å². The topological polar surface area (TPSA) is 496 Å². The van der Waals surface area contributed by atoms with Crippen LogP contribution in [0.1, 0.15) is 56.9 Å². The summed E-state index contributed by atoms with van der Waals surface area (Å²) in [6.07, 6.45) is 0.209. The summed E-state index contributed by atoms with van der Waals surface area (Å²) in [7, 11) is 1.89. The zero-order valence-corrected chi connectivity index (χ0v) is 50.7. The standard InChI is InChI=1S/C52H83N15O17S3/c53-13-5-4-10-34-47(76)66-38-30-86-87-31-39(67-49(78)36(25-44(72)73)62-42(70)26-60-45(74)33(63-50(38)79)11-6-14-59-52(55)56)51(80)64-35(24-32-8-2-1-3-9-32)48(77)65-37(29-85-23-7-12-41(69)61-34)46(75)58-16-18-82-20-22-83-21-19-81-17-15-57-43(71)28-84-27-40(54)68/h1-3,8-9,33-39H,4-7,10-31,53H2,(H2,54,68)(H,57,71)(H,58,75)(H,60,74)(H,61,69)(H,62,70)(H,63,79)(H,64,80)(H,65,77)(H,66,76)(H,67,78)(H,72,73)(H4,55,56,59)/t33-,34-,35-,36-,37-,38-,39-/m0/s1. The summed E-state index contributed by atoms with van der Waals surface area (Å²) >= 11 is 1.23. The monoisotopic (exact) mass is 1290 g/mol. The predicted molar refractivity (Wildman–Crippen MR) is 321 cm³/mol. The lowest BCUT2D eigenvalue weighted by atomic mass is 10.0. The number of carbonyl (C=O) groups is 12. The Morgan fingerprint density at radius 2 is 1.17 bits per heavy atom. The van der Waals surface area contributed by atoms with Gasteiger partial charge < -0.3 is 99.7 Å². The number of primary amides is 1. The average molecular weight is 1290 g/mol. The summed E-state index contributed by atoms with van der Waals surface area (Å²) in [5.74, 6) is -10.8. The normalized spacial score (nSPS) is 21.8. The molecule has 2 fully saturated rings. The number of ether oxygens (including phenoxy) is 4. The van der Waals surface area contributed by atoms with Gasteiger partial charge in [-0.2, -0.15) is 11.8 Å². The summed E-state index contributed by atoms with van der Waals surface area (Å²) in [5.41, 5.74) is 16.7. The number of carboxylic acids is 1. The van der Waals surface area contributed by atoms with Crippen LogP contribution in [0.3, 0.4) is 0 Å². The number of carbonyl (C=O) groups excluding carboxylic acids is 11. The predicted octanol–water partition coefficient (Wildman–Crippen LogP) is -5.69. The number of fused-ring (bicyclic) bond motifs is 5. The molecule has 2 bridgehead atoms. The number of hydrogen-bond acceptors (Lipinski definition) is 21. The van der Waals surface area contributed by atoms with E-state index in [2.05, 4.69) is 58.5 Å². The number of hydrogen-bond donors (Lipinski definition) is 16. The molecule has 87 heavy (non-hydrogen) atoms. The highest BCUT2D eigenvalue weighted by Gasteiger charge is 2.35. The third-order valence-corrected chi connectivity index (χ3v) is 15.9. The summed E-state index contributed by atoms with van der Waals surface area (Å²) in [6, 6.07) is -1.40. The van der Waals surface area contributed by atoms with Crippen molar-refractivity contribution >= 4 is 110 Å². The van der Waals surface area contributed by atoms with Crippen molar-refractivity contribution in [3.8, 4) is 0 Å². The van der Waals surface area contributed by atoms with E-state index in [0.29, 0.717) is 24.2 Å². The Kier molecular flexibility index (Phi) is 37.2. The Balaban J connectivity index is 1.91. The molecule has 0 aromatic heterocycles. The molecular formula is C52H83N15O17S3. The first kappa shape index (κ1) is 74.2. The molecule has 11 amide bonds. The number of amides is 11. The molecule has 19 N–H and O–H groups in total. The lowest BCUT2D eigenvalue weighted by Gasteiger charge is -2.27. The van der Waals surface area contributed by atoms with Gasteiger partial charge in [0.15, 0.2) is 5.96 Å². The van der Waals surface area contributed by atoms with Crippen molar-refractivity contribution in [2.24, 2.45) is 17.2 Å². The van der Waals surface area contributed by atoms with E-state index in [0.717, 1.165) is 21.6 Å². The molecular weight excluding hydrogens is 1200 g/mol. The van der Waals surface area contributed by atoms with Gasteiger partial charge in [0.05, 0.1) is 52.6 Å². The Morgan fingerprint density at radius 3 is 1.79 bits per heavy atom. The number of benzene rings is 1. The molecule has 1 aromatic rings. The number of thioether (sulfide) groups is 1. The minimum absolute atomic E-state index is 0.00467. The number of guanidine groups is 1. The number of nitrogens with one attached hydrogen (secondary N) is 12. The van der Waals surface area contributed by atoms with Crippen LogP contribution in [0.25, 0.3) is 0 Å². The molecule has 2 aliphatic rings. The molecule has 0 aliphatic carbocycles. The second-order valence-corrected chi connectivity index (χ2v) is 23.2. The van der Waals surface area contributed by atoms with E-state index >= 15 is 0 Å². The number of carboxylic acid groups (broad SMARTS) is 1. The molecule has 0 unspecified atom stereocenters. The number of unbranched alkanes of at least 4 members (excludes halogenated alkanes) is 1. The van der Waals surface area contributed by atoms with Gasteiger partial charge in [-0.3, -0.25) is 62.9 Å². The van der Waals surface area contributed by atoms with Crippen LogP contribution in [0.2, 0.25) is 0 Å². The van der Waals surface area contributed by atoms with Crippen LogP contribution in [0.5, 0.6) is 0 Å². The highest BCUT2D eigenvalue weighted by atomic mass is 33.1. The molecule has 0 spiro atoms. The second kappa shape index (κ2) is 43.6. The van der Waals surface area contributed by atoms with Crippen molar-refractivity contribution in [2.75, 3.05) is 109 Å². The number of nitrogens with two attached hydrogens (primary N) is 3. The smallest absolute Gasteiger partial charge is 0.305 e. The summed E-state index contributed by atoms with van der Waals surface area (Å²) < 4.78 is 21.4. The highest BCUT2D eigenvalue weighted by Crippen LogP contribution is 2.24. The lowest BCUT2D eigenvalue weighted by Crippen LogP contribution is -2.60. The second-order valence-electron chi connectivity index (χ2n) is 19.5. The molecule has 32 nitrogen and oxygen atoms in total.